The molecule has 2 N–H and O–H groups in total. The average Bonchev–Trinajstić information content (AvgIpc) is 2.87. The number of hydrogen-bond donors (Lipinski definition) is 2. The van der Waals surface area contributed by atoms with Gasteiger partial charge in [-0.2, -0.15) is 0 Å². The van der Waals surface area contributed by atoms with Crippen molar-refractivity contribution < 1.29 is 5.11 Å². The molecule has 1 aromatic heterocycles. The van der Waals surface area contributed by atoms with Crippen molar-refractivity contribution in [3.8, 4) is 0 Å². The Balaban J connectivity index is 1.75. The highest BCUT2D eigenvalue weighted by Crippen LogP contribution is 2.25. The Morgan fingerprint density at radius 3 is 2.78 bits per heavy atom. The molecule has 4 heteroatoms. The molecule has 0 aliphatic heterocycles. The van der Waals surface area contributed by atoms with Crippen molar-refractivity contribution in [3.05, 3.63) is 16.1 Å². The summed E-state index contributed by atoms with van der Waals surface area (Å²) >= 11 is 1.74. The quantitative estimate of drug-likeness (QED) is 0.882. The van der Waals surface area contributed by atoms with E-state index in [1.165, 1.54) is 10.7 Å². The molecule has 2 atom stereocenters. The molecule has 1 fully saturated rings. The second kappa shape index (κ2) is 5.68. The van der Waals surface area contributed by atoms with Crippen LogP contribution >= 0.6 is 11.3 Å². The molecule has 1 aromatic rings. The number of thiazole rings is 1. The first-order valence-corrected chi connectivity index (χ1v) is 7.67. The Kier molecular flexibility index (Phi) is 4.41. The summed E-state index contributed by atoms with van der Waals surface area (Å²) in [5.41, 5.74) is 1.32. The molecule has 1 heterocycles. The van der Waals surface area contributed by atoms with Crippen LogP contribution < -0.4 is 5.32 Å². The van der Waals surface area contributed by atoms with Gasteiger partial charge in [0, 0.05) is 17.3 Å². The molecule has 0 spiro atoms. The minimum absolute atomic E-state index is 0.0656. The lowest BCUT2D eigenvalue weighted by molar-refractivity contribution is 0.177. The Hall–Kier alpha value is -0.450. The van der Waals surface area contributed by atoms with Gasteiger partial charge in [-0.05, 0) is 31.7 Å². The summed E-state index contributed by atoms with van der Waals surface area (Å²) < 4.78 is 0. The van der Waals surface area contributed by atoms with Crippen LogP contribution in [-0.4, -0.2) is 22.7 Å². The second-order valence-electron chi connectivity index (χ2n) is 6.34. The highest BCUT2D eigenvalue weighted by molar-refractivity contribution is 7.09. The molecule has 0 bridgehead atoms. The van der Waals surface area contributed by atoms with Gasteiger partial charge in [0.05, 0.1) is 11.8 Å². The highest BCUT2D eigenvalue weighted by atomic mass is 32.1. The molecular formula is C14H24N2OS. The minimum Gasteiger partial charge on any atom is -0.393 e. The maximum atomic E-state index is 9.47. The van der Waals surface area contributed by atoms with Gasteiger partial charge in [0.25, 0.3) is 0 Å². The molecular weight excluding hydrogens is 244 g/mol. The Morgan fingerprint density at radius 2 is 2.22 bits per heavy atom. The molecule has 0 aromatic carbocycles. The maximum absolute atomic E-state index is 9.47. The topological polar surface area (TPSA) is 45.1 Å². The molecule has 1 aliphatic rings. The Bertz CT molecular complexity index is 383. The fraction of sp³-hybridized carbons (Fsp3) is 0.786. The highest BCUT2D eigenvalue weighted by Gasteiger charge is 2.22. The summed E-state index contributed by atoms with van der Waals surface area (Å²) in [5.74, 6) is 0.641. The Morgan fingerprint density at radius 1 is 1.44 bits per heavy atom. The van der Waals surface area contributed by atoms with Crippen molar-refractivity contribution >= 4 is 11.3 Å². The molecule has 102 valence electrons. The summed E-state index contributed by atoms with van der Waals surface area (Å²) in [6, 6.07) is 0. The van der Waals surface area contributed by atoms with E-state index in [-0.39, 0.29) is 11.5 Å². The van der Waals surface area contributed by atoms with E-state index in [1.54, 1.807) is 11.3 Å². The molecule has 0 saturated heterocycles. The minimum atomic E-state index is -0.0656. The van der Waals surface area contributed by atoms with Crippen LogP contribution in [0, 0.1) is 5.92 Å². The van der Waals surface area contributed by atoms with Gasteiger partial charge in [0.1, 0.15) is 5.01 Å². The van der Waals surface area contributed by atoms with Crippen LogP contribution in [0.4, 0.5) is 0 Å². The van der Waals surface area contributed by atoms with Crippen molar-refractivity contribution in [1.29, 1.82) is 0 Å². The molecule has 1 saturated carbocycles. The first kappa shape index (κ1) is 14.0. The van der Waals surface area contributed by atoms with E-state index in [0.717, 1.165) is 32.4 Å². The number of nitrogens with zero attached hydrogens (tertiary/aromatic N) is 1. The number of nitrogens with one attached hydrogen (secondary N) is 1. The van der Waals surface area contributed by atoms with Crippen molar-refractivity contribution in [2.75, 3.05) is 6.54 Å². The van der Waals surface area contributed by atoms with Gasteiger partial charge in [-0.15, -0.1) is 11.3 Å². The summed E-state index contributed by atoms with van der Waals surface area (Å²) in [6.45, 7) is 8.44. The average molecular weight is 268 g/mol. The van der Waals surface area contributed by atoms with Crippen molar-refractivity contribution in [1.82, 2.24) is 10.3 Å². The lowest BCUT2D eigenvalue weighted by Crippen LogP contribution is -2.21. The van der Waals surface area contributed by atoms with Crippen LogP contribution in [0.5, 0.6) is 0 Å². The normalized spacial score (nSPS) is 24.7. The first-order chi connectivity index (χ1) is 8.45. The van der Waals surface area contributed by atoms with Gasteiger partial charge < -0.3 is 10.4 Å². The second-order valence-corrected chi connectivity index (χ2v) is 7.28. The fourth-order valence-electron chi connectivity index (χ4n) is 2.35. The Labute approximate surface area is 114 Å². The van der Waals surface area contributed by atoms with E-state index < -0.39 is 0 Å². The number of aliphatic hydroxyl groups excluding tert-OH is 1. The maximum Gasteiger partial charge on any atom is 0.107 e. The molecule has 0 radical (unpaired) electrons. The van der Waals surface area contributed by atoms with Gasteiger partial charge in [-0.1, -0.05) is 20.8 Å². The van der Waals surface area contributed by atoms with Gasteiger partial charge in [-0.25, -0.2) is 4.98 Å². The van der Waals surface area contributed by atoms with E-state index in [4.69, 9.17) is 0 Å². The standard InChI is InChI=1S/C14H24N2OS/c1-14(2,3)12-9-18-13(16-12)8-15-7-10-4-5-11(17)6-10/h9-11,15,17H,4-8H2,1-3H3. The lowest BCUT2D eigenvalue weighted by Gasteiger charge is -2.14. The fourth-order valence-corrected chi connectivity index (χ4v) is 3.34. The molecule has 18 heavy (non-hydrogen) atoms. The van der Waals surface area contributed by atoms with E-state index in [2.05, 4.69) is 36.5 Å². The van der Waals surface area contributed by atoms with Crippen LogP contribution in [0.3, 0.4) is 0 Å². The summed E-state index contributed by atoms with van der Waals surface area (Å²) in [7, 11) is 0. The number of aliphatic hydroxyl groups is 1. The third-order valence-corrected chi connectivity index (χ3v) is 4.39. The molecule has 0 amide bonds. The van der Waals surface area contributed by atoms with Crippen LogP contribution in [0.1, 0.15) is 50.7 Å². The smallest absolute Gasteiger partial charge is 0.107 e. The van der Waals surface area contributed by atoms with Crippen molar-refractivity contribution in [2.24, 2.45) is 5.92 Å². The van der Waals surface area contributed by atoms with Crippen LogP contribution in [-0.2, 0) is 12.0 Å². The molecule has 2 unspecified atom stereocenters. The third-order valence-electron chi connectivity index (χ3n) is 3.54. The van der Waals surface area contributed by atoms with Crippen LogP contribution in [0.15, 0.2) is 5.38 Å². The summed E-state index contributed by atoms with van der Waals surface area (Å²) in [6.07, 6.45) is 3.01. The third kappa shape index (κ3) is 3.77. The predicted octanol–water partition coefficient (Wildman–Crippen LogP) is 2.69. The number of hydrogen-bond acceptors (Lipinski definition) is 4. The van der Waals surface area contributed by atoms with E-state index in [1.807, 2.05) is 0 Å². The van der Waals surface area contributed by atoms with Crippen molar-refractivity contribution in [3.63, 3.8) is 0 Å². The van der Waals surface area contributed by atoms with Gasteiger partial charge in [0.2, 0.25) is 0 Å². The SMILES string of the molecule is CC(C)(C)c1csc(CNCC2CCC(O)C2)n1. The molecule has 2 rings (SSSR count). The predicted molar refractivity (Wildman–Crippen MR) is 75.9 cm³/mol. The van der Waals surface area contributed by atoms with Crippen LogP contribution in [0.25, 0.3) is 0 Å². The summed E-state index contributed by atoms with van der Waals surface area (Å²) in [5, 5.41) is 16.3. The first-order valence-electron chi connectivity index (χ1n) is 6.79. The van der Waals surface area contributed by atoms with Crippen molar-refractivity contribution in [2.45, 2.75) is 58.1 Å². The molecule has 3 nitrogen and oxygen atoms in total. The van der Waals surface area contributed by atoms with Crippen LogP contribution in [0.2, 0.25) is 0 Å². The number of rotatable bonds is 4. The van der Waals surface area contributed by atoms with Gasteiger partial charge >= 0.3 is 0 Å². The number of aromatic nitrogens is 1. The van der Waals surface area contributed by atoms with E-state index in [0.29, 0.717) is 5.92 Å². The zero-order valence-electron chi connectivity index (χ0n) is 11.6. The van der Waals surface area contributed by atoms with Gasteiger partial charge in [-0.3, -0.25) is 0 Å². The monoisotopic (exact) mass is 268 g/mol. The zero-order valence-corrected chi connectivity index (χ0v) is 12.4. The van der Waals surface area contributed by atoms with Gasteiger partial charge in [0.15, 0.2) is 0 Å². The van der Waals surface area contributed by atoms with E-state index >= 15 is 0 Å². The van der Waals surface area contributed by atoms with E-state index in [9.17, 15) is 5.11 Å². The largest absolute Gasteiger partial charge is 0.393 e. The summed E-state index contributed by atoms with van der Waals surface area (Å²) in [4.78, 5) is 4.67. The zero-order chi connectivity index (χ0) is 13.2. The lowest BCUT2D eigenvalue weighted by atomic mass is 9.93. The molecule has 1 aliphatic carbocycles.